The number of nitrogens with zero attached hydrogens (tertiary/aromatic N) is 1. The summed E-state index contributed by atoms with van der Waals surface area (Å²) >= 11 is 0. The second kappa shape index (κ2) is 15.0. The van der Waals surface area contributed by atoms with E-state index in [-0.39, 0.29) is 35.6 Å². The lowest BCUT2D eigenvalue weighted by Gasteiger charge is -2.41. The summed E-state index contributed by atoms with van der Waals surface area (Å²) in [5.74, 6) is 1.50. The Morgan fingerprint density at radius 2 is 1.80 bits per heavy atom. The molecule has 0 radical (unpaired) electrons. The molecule has 2 rings (SSSR count). The van der Waals surface area contributed by atoms with Crippen molar-refractivity contribution in [3.63, 3.8) is 0 Å². The molecular weight excluding hydrogens is 491 g/mol. The van der Waals surface area contributed by atoms with Gasteiger partial charge in [0.25, 0.3) is 0 Å². The number of guanidine groups is 1. The molecule has 172 valence electrons. The van der Waals surface area contributed by atoms with Gasteiger partial charge in [0.05, 0.1) is 6.61 Å². The fraction of sp³-hybridized carbons (Fsp3) is 0.696. The molecule has 1 heterocycles. The monoisotopic (exact) mass is 532 g/mol. The van der Waals surface area contributed by atoms with Crippen LogP contribution in [0.2, 0.25) is 0 Å². The van der Waals surface area contributed by atoms with Crippen molar-refractivity contribution in [2.75, 3.05) is 46.6 Å². The van der Waals surface area contributed by atoms with Gasteiger partial charge < -0.3 is 25.4 Å². The molecule has 1 saturated heterocycles. The lowest BCUT2D eigenvalue weighted by atomic mass is 9.88. The Morgan fingerprint density at radius 3 is 2.43 bits per heavy atom. The van der Waals surface area contributed by atoms with E-state index in [4.69, 9.17) is 9.47 Å². The molecule has 1 fully saturated rings. The summed E-state index contributed by atoms with van der Waals surface area (Å²) in [7, 11) is 1.81. The lowest BCUT2D eigenvalue weighted by Crippen LogP contribution is -2.58. The molecule has 0 spiro atoms. The third kappa shape index (κ3) is 9.94. The van der Waals surface area contributed by atoms with Crippen LogP contribution < -0.4 is 16.0 Å². The van der Waals surface area contributed by atoms with E-state index in [0.717, 1.165) is 58.1 Å². The number of rotatable bonds is 11. The topological polar surface area (TPSA) is 66.9 Å². The third-order valence-electron chi connectivity index (χ3n) is 5.47. The van der Waals surface area contributed by atoms with Crippen LogP contribution in [0.5, 0.6) is 0 Å². The number of nitrogens with one attached hydrogen (secondary N) is 3. The SMILES string of the molecule is CN=C(NCCOCCC(C)C)NCC1(NC(C)c2ccccc2)CCOCC1.I. The molecule has 6 nitrogen and oxygen atoms in total. The molecule has 0 bridgehead atoms. The third-order valence-corrected chi connectivity index (χ3v) is 5.47. The second-order valence-corrected chi connectivity index (χ2v) is 8.32. The van der Waals surface area contributed by atoms with E-state index in [1.54, 1.807) is 0 Å². The van der Waals surface area contributed by atoms with Crippen LogP contribution in [-0.4, -0.2) is 58.1 Å². The van der Waals surface area contributed by atoms with Crippen molar-refractivity contribution in [2.24, 2.45) is 10.9 Å². The number of halogens is 1. The molecular formula is C23H41IN4O2. The lowest BCUT2D eigenvalue weighted by molar-refractivity contribution is 0.0354. The molecule has 1 unspecified atom stereocenters. The van der Waals surface area contributed by atoms with Crippen LogP contribution >= 0.6 is 24.0 Å². The van der Waals surface area contributed by atoms with E-state index in [9.17, 15) is 0 Å². The predicted octanol–water partition coefficient (Wildman–Crippen LogP) is 3.73. The van der Waals surface area contributed by atoms with E-state index < -0.39 is 0 Å². The van der Waals surface area contributed by atoms with E-state index in [1.165, 1.54) is 5.56 Å². The highest BCUT2D eigenvalue weighted by molar-refractivity contribution is 14.0. The number of benzene rings is 1. The van der Waals surface area contributed by atoms with Crippen molar-refractivity contribution in [2.45, 2.75) is 51.6 Å². The minimum Gasteiger partial charge on any atom is -0.381 e. The molecule has 3 N–H and O–H groups in total. The summed E-state index contributed by atoms with van der Waals surface area (Å²) in [6.45, 7) is 11.3. The molecule has 0 amide bonds. The average molecular weight is 533 g/mol. The largest absolute Gasteiger partial charge is 0.381 e. The molecule has 1 aromatic carbocycles. The zero-order valence-corrected chi connectivity index (χ0v) is 21.4. The minimum atomic E-state index is -0.0150. The summed E-state index contributed by atoms with van der Waals surface area (Å²) in [5.41, 5.74) is 1.29. The molecule has 1 aromatic rings. The molecule has 7 heteroatoms. The predicted molar refractivity (Wildman–Crippen MR) is 136 cm³/mol. The summed E-state index contributed by atoms with van der Waals surface area (Å²) in [6, 6.07) is 10.9. The van der Waals surface area contributed by atoms with Crippen LogP contribution in [0.1, 0.15) is 51.6 Å². The second-order valence-electron chi connectivity index (χ2n) is 8.32. The maximum absolute atomic E-state index is 5.68. The molecule has 0 saturated carbocycles. The summed E-state index contributed by atoms with van der Waals surface area (Å²) in [5, 5.41) is 10.7. The maximum Gasteiger partial charge on any atom is 0.191 e. The van der Waals surface area contributed by atoms with E-state index in [1.807, 2.05) is 7.05 Å². The minimum absolute atomic E-state index is 0. The van der Waals surface area contributed by atoms with E-state index >= 15 is 0 Å². The van der Waals surface area contributed by atoms with Crippen molar-refractivity contribution < 1.29 is 9.47 Å². The first kappa shape index (κ1) is 27.1. The number of ether oxygens (including phenoxy) is 2. The highest BCUT2D eigenvalue weighted by Gasteiger charge is 2.34. The first-order valence-corrected chi connectivity index (χ1v) is 11.0. The fourth-order valence-corrected chi connectivity index (χ4v) is 3.55. The molecule has 30 heavy (non-hydrogen) atoms. The van der Waals surface area contributed by atoms with Crippen LogP contribution in [0.4, 0.5) is 0 Å². The van der Waals surface area contributed by atoms with Crippen molar-refractivity contribution >= 4 is 29.9 Å². The van der Waals surface area contributed by atoms with Gasteiger partial charge in [-0.25, -0.2) is 0 Å². The number of aliphatic imine (C=N–C) groups is 1. The van der Waals surface area contributed by atoms with Gasteiger partial charge in [-0.1, -0.05) is 44.2 Å². The van der Waals surface area contributed by atoms with Gasteiger partial charge in [-0.05, 0) is 37.7 Å². The van der Waals surface area contributed by atoms with Crippen LogP contribution in [0.3, 0.4) is 0 Å². The summed E-state index contributed by atoms with van der Waals surface area (Å²) in [4.78, 5) is 4.37. The van der Waals surface area contributed by atoms with Gasteiger partial charge in [0.2, 0.25) is 0 Å². The molecule has 0 aliphatic carbocycles. The van der Waals surface area contributed by atoms with Crippen molar-refractivity contribution in [3.8, 4) is 0 Å². The number of hydrogen-bond donors (Lipinski definition) is 3. The Balaban J connectivity index is 0.00000450. The Bertz CT molecular complexity index is 592. The Hall–Kier alpha value is -0.900. The zero-order chi connectivity index (χ0) is 21.0. The van der Waals surface area contributed by atoms with Crippen molar-refractivity contribution in [1.29, 1.82) is 0 Å². The van der Waals surface area contributed by atoms with Gasteiger partial charge in [0, 0.05) is 51.5 Å². The van der Waals surface area contributed by atoms with Gasteiger partial charge in [-0.2, -0.15) is 0 Å². The van der Waals surface area contributed by atoms with Gasteiger partial charge in [-0.3, -0.25) is 4.99 Å². The number of hydrogen-bond acceptors (Lipinski definition) is 4. The highest BCUT2D eigenvalue weighted by atomic mass is 127. The van der Waals surface area contributed by atoms with Crippen LogP contribution in [0, 0.1) is 5.92 Å². The van der Waals surface area contributed by atoms with E-state index in [2.05, 4.69) is 72.0 Å². The fourth-order valence-electron chi connectivity index (χ4n) is 3.55. The van der Waals surface area contributed by atoms with E-state index in [0.29, 0.717) is 12.5 Å². The standard InChI is InChI=1S/C23H40N4O2.HI/c1-19(2)10-14-28-17-13-25-22(24-4)26-18-23(11-15-29-16-12-23)27-20(3)21-8-6-5-7-9-21;/h5-9,19-20,27H,10-18H2,1-4H3,(H2,24,25,26);1H. The van der Waals surface area contributed by atoms with Gasteiger partial charge in [-0.15, -0.1) is 24.0 Å². The van der Waals surface area contributed by atoms with Gasteiger partial charge >= 0.3 is 0 Å². The smallest absolute Gasteiger partial charge is 0.191 e. The van der Waals surface area contributed by atoms with Crippen LogP contribution in [0.25, 0.3) is 0 Å². The van der Waals surface area contributed by atoms with Crippen molar-refractivity contribution in [3.05, 3.63) is 35.9 Å². The maximum atomic E-state index is 5.68. The normalized spacial score (nSPS) is 17.3. The average Bonchev–Trinajstić information content (AvgIpc) is 2.73. The molecule has 1 aliphatic rings. The Labute approximate surface area is 200 Å². The van der Waals surface area contributed by atoms with Crippen LogP contribution in [-0.2, 0) is 9.47 Å². The van der Waals surface area contributed by atoms with Gasteiger partial charge in [0.15, 0.2) is 5.96 Å². The quantitative estimate of drug-likeness (QED) is 0.176. The highest BCUT2D eigenvalue weighted by Crippen LogP contribution is 2.25. The Morgan fingerprint density at radius 1 is 1.10 bits per heavy atom. The first-order chi connectivity index (χ1) is 14.0. The summed E-state index contributed by atoms with van der Waals surface area (Å²) < 4.78 is 11.3. The molecule has 0 aromatic heterocycles. The van der Waals surface area contributed by atoms with Crippen molar-refractivity contribution in [1.82, 2.24) is 16.0 Å². The summed E-state index contributed by atoms with van der Waals surface area (Å²) in [6.07, 6.45) is 3.06. The molecule has 1 atom stereocenters. The van der Waals surface area contributed by atoms with Crippen LogP contribution in [0.15, 0.2) is 35.3 Å². The Kier molecular flexibility index (Phi) is 13.6. The molecule has 1 aliphatic heterocycles. The first-order valence-electron chi connectivity index (χ1n) is 11.0. The van der Waals surface area contributed by atoms with Gasteiger partial charge in [0.1, 0.15) is 0 Å². The zero-order valence-electron chi connectivity index (χ0n) is 19.1.